The molecule has 3 rings (SSSR count). The van der Waals surface area contributed by atoms with Gasteiger partial charge in [-0.25, -0.2) is 4.79 Å². The third-order valence-corrected chi connectivity index (χ3v) is 5.03. The summed E-state index contributed by atoms with van der Waals surface area (Å²) in [7, 11) is 1.78. The lowest BCUT2D eigenvalue weighted by Gasteiger charge is -2.17. The van der Waals surface area contributed by atoms with E-state index in [0.717, 1.165) is 62.5 Å². The van der Waals surface area contributed by atoms with Crippen LogP contribution >= 0.6 is 0 Å². The van der Waals surface area contributed by atoms with E-state index >= 15 is 0 Å². The Morgan fingerprint density at radius 2 is 1.76 bits per heavy atom. The number of benzene rings is 2. The van der Waals surface area contributed by atoms with Gasteiger partial charge in [0.25, 0.3) is 0 Å². The van der Waals surface area contributed by atoms with Crippen molar-refractivity contribution in [2.45, 2.75) is 32.2 Å². The molecule has 0 unspecified atom stereocenters. The van der Waals surface area contributed by atoms with E-state index in [0.29, 0.717) is 6.54 Å². The Labute approximate surface area is 173 Å². The summed E-state index contributed by atoms with van der Waals surface area (Å²) < 4.78 is 0. The lowest BCUT2D eigenvalue weighted by atomic mass is 10.1. The number of amides is 2. The summed E-state index contributed by atoms with van der Waals surface area (Å²) in [4.78, 5) is 18.4. The molecule has 1 heterocycles. The molecule has 0 spiro atoms. The van der Waals surface area contributed by atoms with Crippen LogP contribution in [0.4, 0.5) is 10.5 Å². The molecule has 0 aliphatic carbocycles. The predicted octanol–water partition coefficient (Wildman–Crippen LogP) is 3.61. The zero-order chi connectivity index (χ0) is 20.3. The summed E-state index contributed by atoms with van der Waals surface area (Å²) in [6, 6.07) is 18.4. The van der Waals surface area contributed by atoms with Crippen LogP contribution in [0.1, 0.15) is 30.4 Å². The van der Waals surface area contributed by atoms with E-state index in [4.69, 9.17) is 0 Å². The number of rotatable bonds is 7. The molecule has 2 amide bonds. The van der Waals surface area contributed by atoms with Gasteiger partial charge in [-0.2, -0.15) is 0 Å². The molecule has 0 aromatic heterocycles. The first kappa shape index (κ1) is 20.7. The quantitative estimate of drug-likeness (QED) is 0.382. The maximum atomic E-state index is 12.3. The highest BCUT2D eigenvalue weighted by Crippen LogP contribution is 2.14. The average molecular weight is 394 g/mol. The van der Waals surface area contributed by atoms with Crippen LogP contribution in [-0.2, 0) is 13.0 Å². The van der Waals surface area contributed by atoms with E-state index in [1.807, 2.05) is 35.2 Å². The minimum atomic E-state index is -0.0106. The fourth-order valence-corrected chi connectivity index (χ4v) is 3.43. The molecule has 0 saturated carbocycles. The number of hydrogen-bond donors (Lipinski definition) is 3. The maximum Gasteiger partial charge on any atom is 0.321 e. The van der Waals surface area contributed by atoms with Crippen molar-refractivity contribution in [3.63, 3.8) is 0 Å². The van der Waals surface area contributed by atoms with Gasteiger partial charge in [0.05, 0.1) is 0 Å². The molecule has 3 N–H and O–H groups in total. The summed E-state index contributed by atoms with van der Waals surface area (Å²) >= 11 is 0. The number of guanidine groups is 1. The standard InChI is InChI=1S/C23H31N5O/c1-24-22(25-14-8-12-19-9-3-2-4-10-19)26-18-20-11-7-13-21(17-20)27-23(29)28-15-5-6-16-28/h2-4,7,9-11,13,17H,5-6,8,12,14-16,18H2,1H3,(H,27,29)(H2,24,25,26). The smallest absolute Gasteiger partial charge is 0.321 e. The van der Waals surface area contributed by atoms with Gasteiger partial charge in [0, 0.05) is 38.9 Å². The molecule has 2 aromatic carbocycles. The minimum absolute atomic E-state index is 0.0106. The number of aryl methyl sites for hydroxylation is 1. The van der Waals surface area contributed by atoms with E-state index in [2.05, 4.69) is 45.2 Å². The fourth-order valence-electron chi connectivity index (χ4n) is 3.43. The van der Waals surface area contributed by atoms with Gasteiger partial charge in [0.1, 0.15) is 0 Å². The molecular weight excluding hydrogens is 362 g/mol. The van der Waals surface area contributed by atoms with Crippen LogP contribution in [0.5, 0.6) is 0 Å². The number of hydrogen-bond acceptors (Lipinski definition) is 2. The Hall–Kier alpha value is -3.02. The lowest BCUT2D eigenvalue weighted by molar-refractivity contribution is 0.222. The number of likely N-dealkylation sites (tertiary alicyclic amines) is 1. The van der Waals surface area contributed by atoms with Crippen LogP contribution in [0.15, 0.2) is 59.6 Å². The van der Waals surface area contributed by atoms with Crippen LogP contribution in [0.3, 0.4) is 0 Å². The second-order valence-electron chi connectivity index (χ2n) is 7.27. The summed E-state index contributed by atoms with van der Waals surface area (Å²) in [5, 5.41) is 9.69. The summed E-state index contributed by atoms with van der Waals surface area (Å²) in [5.41, 5.74) is 3.27. The van der Waals surface area contributed by atoms with Gasteiger partial charge >= 0.3 is 6.03 Å². The molecule has 0 atom stereocenters. The van der Waals surface area contributed by atoms with Crippen molar-refractivity contribution in [3.8, 4) is 0 Å². The molecule has 0 radical (unpaired) electrons. The van der Waals surface area contributed by atoms with Crippen LogP contribution < -0.4 is 16.0 Å². The van der Waals surface area contributed by atoms with Crippen molar-refractivity contribution in [3.05, 3.63) is 65.7 Å². The number of carbonyl (C=O) groups is 1. The highest BCUT2D eigenvalue weighted by molar-refractivity contribution is 5.89. The second-order valence-corrected chi connectivity index (χ2v) is 7.27. The van der Waals surface area contributed by atoms with Crippen molar-refractivity contribution in [2.24, 2.45) is 4.99 Å². The van der Waals surface area contributed by atoms with Gasteiger partial charge < -0.3 is 20.9 Å². The predicted molar refractivity (Wildman–Crippen MR) is 119 cm³/mol. The first-order chi connectivity index (χ1) is 14.2. The van der Waals surface area contributed by atoms with Gasteiger partial charge in [-0.05, 0) is 48.9 Å². The van der Waals surface area contributed by atoms with Crippen molar-refractivity contribution in [2.75, 3.05) is 32.0 Å². The Morgan fingerprint density at radius 3 is 2.52 bits per heavy atom. The molecule has 2 aromatic rings. The number of aliphatic imine (C=N–C) groups is 1. The van der Waals surface area contributed by atoms with Gasteiger partial charge in [0.15, 0.2) is 5.96 Å². The summed E-state index contributed by atoms with van der Waals surface area (Å²) in [6.07, 6.45) is 4.27. The highest BCUT2D eigenvalue weighted by atomic mass is 16.2. The van der Waals surface area contributed by atoms with Crippen LogP contribution in [0.2, 0.25) is 0 Å². The van der Waals surface area contributed by atoms with Crippen LogP contribution in [0, 0.1) is 0 Å². The van der Waals surface area contributed by atoms with E-state index in [1.165, 1.54) is 5.56 Å². The number of urea groups is 1. The zero-order valence-corrected chi connectivity index (χ0v) is 17.2. The van der Waals surface area contributed by atoms with E-state index in [9.17, 15) is 4.79 Å². The van der Waals surface area contributed by atoms with Gasteiger partial charge in [-0.1, -0.05) is 42.5 Å². The number of nitrogens with zero attached hydrogens (tertiary/aromatic N) is 2. The molecular formula is C23H31N5O. The average Bonchev–Trinajstić information content (AvgIpc) is 3.29. The molecule has 0 bridgehead atoms. The molecule has 29 heavy (non-hydrogen) atoms. The number of anilines is 1. The van der Waals surface area contributed by atoms with Crippen molar-refractivity contribution in [1.29, 1.82) is 0 Å². The fraction of sp³-hybridized carbons (Fsp3) is 0.391. The van der Waals surface area contributed by atoms with E-state index < -0.39 is 0 Å². The van der Waals surface area contributed by atoms with Gasteiger partial charge in [-0.3, -0.25) is 4.99 Å². The SMILES string of the molecule is CN=C(NCCCc1ccccc1)NCc1cccc(NC(=O)N2CCCC2)c1. The molecule has 1 saturated heterocycles. The largest absolute Gasteiger partial charge is 0.356 e. The third-order valence-electron chi connectivity index (χ3n) is 5.03. The van der Waals surface area contributed by atoms with E-state index in [-0.39, 0.29) is 6.03 Å². The van der Waals surface area contributed by atoms with Crippen LogP contribution in [0.25, 0.3) is 0 Å². The van der Waals surface area contributed by atoms with Crippen LogP contribution in [-0.4, -0.2) is 43.6 Å². The Kier molecular flexibility index (Phi) is 7.92. The summed E-state index contributed by atoms with van der Waals surface area (Å²) in [5.74, 6) is 0.782. The Balaban J connectivity index is 1.41. The topological polar surface area (TPSA) is 68.8 Å². The first-order valence-electron chi connectivity index (χ1n) is 10.4. The Bertz CT molecular complexity index is 800. The molecule has 6 nitrogen and oxygen atoms in total. The van der Waals surface area contributed by atoms with Gasteiger partial charge in [0.2, 0.25) is 0 Å². The zero-order valence-electron chi connectivity index (χ0n) is 17.2. The Morgan fingerprint density at radius 1 is 1.00 bits per heavy atom. The monoisotopic (exact) mass is 393 g/mol. The molecule has 1 aliphatic rings. The minimum Gasteiger partial charge on any atom is -0.356 e. The van der Waals surface area contributed by atoms with Gasteiger partial charge in [-0.15, -0.1) is 0 Å². The molecule has 1 aliphatic heterocycles. The third kappa shape index (κ3) is 6.82. The maximum absolute atomic E-state index is 12.3. The van der Waals surface area contributed by atoms with Crippen molar-refractivity contribution < 1.29 is 4.79 Å². The van der Waals surface area contributed by atoms with E-state index in [1.54, 1.807) is 7.05 Å². The van der Waals surface area contributed by atoms with Crippen molar-refractivity contribution >= 4 is 17.7 Å². The molecule has 6 heteroatoms. The number of nitrogens with one attached hydrogen (secondary N) is 3. The highest BCUT2D eigenvalue weighted by Gasteiger charge is 2.17. The lowest BCUT2D eigenvalue weighted by Crippen LogP contribution is -2.37. The summed E-state index contributed by atoms with van der Waals surface area (Å²) in [6.45, 7) is 3.20. The molecule has 1 fully saturated rings. The molecule has 154 valence electrons. The first-order valence-corrected chi connectivity index (χ1v) is 10.4. The number of carbonyl (C=O) groups excluding carboxylic acids is 1. The van der Waals surface area contributed by atoms with Crippen molar-refractivity contribution in [1.82, 2.24) is 15.5 Å². The second kappa shape index (κ2) is 11.1. The normalized spacial score (nSPS) is 14.0.